The van der Waals surface area contributed by atoms with Gasteiger partial charge < -0.3 is 15.0 Å². The van der Waals surface area contributed by atoms with Gasteiger partial charge in [0.05, 0.1) is 0 Å². The Hall–Kier alpha value is -2.86. The lowest BCUT2D eigenvalue weighted by atomic mass is 10.1. The number of carbonyl (C=O) groups excluding carboxylic acids is 2. The Morgan fingerprint density at radius 2 is 1.81 bits per heavy atom. The van der Waals surface area contributed by atoms with Crippen LogP contribution in [0.15, 0.2) is 54.6 Å². The molecule has 0 bridgehead atoms. The predicted octanol–water partition coefficient (Wildman–Crippen LogP) is 1.74. The number of fused-ring (bicyclic) bond motifs is 1. The van der Waals surface area contributed by atoms with Crippen molar-refractivity contribution in [2.45, 2.75) is 6.04 Å². The number of nitrogens with one attached hydrogen (secondary N) is 1. The van der Waals surface area contributed by atoms with Crippen LogP contribution in [0.1, 0.15) is 10.4 Å². The second-order valence-corrected chi connectivity index (χ2v) is 6.54. The van der Waals surface area contributed by atoms with E-state index in [1.807, 2.05) is 42.5 Å². The molecule has 134 valence electrons. The third-order valence-corrected chi connectivity index (χ3v) is 4.84. The fourth-order valence-corrected chi connectivity index (χ4v) is 3.46. The Morgan fingerprint density at radius 1 is 1.00 bits per heavy atom. The number of ether oxygens (including phenoxy) is 1. The Bertz CT molecular complexity index is 809. The summed E-state index contributed by atoms with van der Waals surface area (Å²) in [5.41, 5.74) is 0.572. The van der Waals surface area contributed by atoms with Crippen molar-refractivity contribution in [1.82, 2.24) is 15.1 Å². The van der Waals surface area contributed by atoms with Gasteiger partial charge in [-0.3, -0.25) is 14.5 Å². The molecule has 2 aliphatic heterocycles. The molecule has 0 saturated carbocycles. The van der Waals surface area contributed by atoms with Gasteiger partial charge in [0.2, 0.25) is 5.91 Å². The molecule has 1 atom stereocenters. The van der Waals surface area contributed by atoms with Crippen LogP contribution in [0.25, 0.3) is 0 Å². The molecule has 2 saturated heterocycles. The molecule has 0 spiro atoms. The zero-order chi connectivity index (χ0) is 17.9. The van der Waals surface area contributed by atoms with Crippen molar-refractivity contribution in [3.63, 3.8) is 0 Å². The average molecular weight is 351 g/mol. The lowest BCUT2D eigenvalue weighted by Crippen LogP contribution is -2.64. The molecule has 0 radical (unpaired) electrons. The van der Waals surface area contributed by atoms with Gasteiger partial charge in [0.15, 0.2) is 0 Å². The summed E-state index contributed by atoms with van der Waals surface area (Å²) >= 11 is 0. The first-order chi connectivity index (χ1) is 12.7. The van der Waals surface area contributed by atoms with Crippen LogP contribution < -0.4 is 10.1 Å². The second kappa shape index (κ2) is 7.17. The van der Waals surface area contributed by atoms with Crippen LogP contribution in [-0.2, 0) is 4.79 Å². The highest BCUT2D eigenvalue weighted by atomic mass is 16.5. The predicted molar refractivity (Wildman–Crippen MR) is 97.2 cm³/mol. The van der Waals surface area contributed by atoms with Crippen molar-refractivity contribution in [3.05, 3.63) is 60.2 Å². The van der Waals surface area contributed by atoms with Crippen LogP contribution in [0, 0.1) is 0 Å². The van der Waals surface area contributed by atoms with Crippen molar-refractivity contribution in [3.8, 4) is 11.5 Å². The van der Waals surface area contributed by atoms with Crippen molar-refractivity contribution in [1.29, 1.82) is 0 Å². The van der Waals surface area contributed by atoms with E-state index in [9.17, 15) is 9.59 Å². The van der Waals surface area contributed by atoms with Crippen LogP contribution in [0.2, 0.25) is 0 Å². The minimum atomic E-state index is -0.245. The zero-order valence-electron chi connectivity index (χ0n) is 14.4. The van der Waals surface area contributed by atoms with Crippen molar-refractivity contribution < 1.29 is 14.3 Å². The smallest absolute Gasteiger partial charge is 0.254 e. The molecular formula is C20H21N3O3. The number of hydrogen-bond acceptors (Lipinski definition) is 4. The van der Waals surface area contributed by atoms with Crippen LogP contribution in [-0.4, -0.2) is 60.4 Å². The largest absolute Gasteiger partial charge is 0.457 e. The molecule has 1 N–H and O–H groups in total. The van der Waals surface area contributed by atoms with Crippen molar-refractivity contribution in [2.24, 2.45) is 0 Å². The minimum absolute atomic E-state index is 0.00918. The summed E-state index contributed by atoms with van der Waals surface area (Å²) in [6, 6.07) is 16.4. The standard InChI is InChI=1S/C20H21N3O3/c24-19-18-14-23(12-11-22(18)10-9-21-19)20(25)15-5-4-8-17(13-15)26-16-6-2-1-3-7-16/h1-8,13,18H,9-12,14H2,(H,21,24)/t18-/m0/s1. The summed E-state index contributed by atoms with van der Waals surface area (Å²) in [7, 11) is 0. The maximum Gasteiger partial charge on any atom is 0.254 e. The zero-order valence-corrected chi connectivity index (χ0v) is 14.4. The normalized spacial score (nSPS) is 20.2. The summed E-state index contributed by atoms with van der Waals surface area (Å²) in [5, 5.41) is 2.88. The molecular weight excluding hydrogens is 330 g/mol. The van der Waals surface area contributed by atoms with Gasteiger partial charge in [-0.15, -0.1) is 0 Å². The van der Waals surface area contributed by atoms with E-state index < -0.39 is 0 Å². The molecule has 2 aromatic rings. The fourth-order valence-electron chi connectivity index (χ4n) is 3.46. The van der Waals surface area contributed by atoms with Crippen LogP contribution >= 0.6 is 0 Å². The molecule has 6 nitrogen and oxygen atoms in total. The van der Waals surface area contributed by atoms with Crippen molar-refractivity contribution in [2.75, 3.05) is 32.7 Å². The van der Waals surface area contributed by atoms with Gasteiger partial charge in [-0.1, -0.05) is 24.3 Å². The third-order valence-electron chi connectivity index (χ3n) is 4.84. The Labute approximate surface area is 152 Å². The number of para-hydroxylation sites is 1. The lowest BCUT2D eigenvalue weighted by molar-refractivity contribution is -0.131. The number of amides is 2. The number of nitrogens with zero attached hydrogens (tertiary/aromatic N) is 2. The molecule has 0 aliphatic carbocycles. The van der Waals surface area contributed by atoms with Crippen molar-refractivity contribution >= 4 is 11.8 Å². The van der Waals surface area contributed by atoms with Crippen LogP contribution in [0.3, 0.4) is 0 Å². The highest BCUT2D eigenvalue weighted by molar-refractivity contribution is 5.95. The molecule has 2 fully saturated rings. The number of rotatable bonds is 3. The molecule has 26 heavy (non-hydrogen) atoms. The average Bonchev–Trinajstić information content (AvgIpc) is 2.68. The van der Waals surface area contributed by atoms with Gasteiger partial charge in [0, 0.05) is 38.3 Å². The molecule has 2 aromatic carbocycles. The fraction of sp³-hybridized carbons (Fsp3) is 0.300. The highest BCUT2D eigenvalue weighted by Crippen LogP contribution is 2.23. The van der Waals surface area contributed by atoms with E-state index in [1.165, 1.54) is 0 Å². The first-order valence-corrected chi connectivity index (χ1v) is 8.85. The summed E-state index contributed by atoms with van der Waals surface area (Å²) in [4.78, 5) is 28.9. The molecule has 2 aliphatic rings. The van der Waals surface area contributed by atoms with E-state index in [2.05, 4.69) is 10.2 Å². The first kappa shape index (κ1) is 16.6. The van der Waals surface area contributed by atoms with Gasteiger partial charge in [0.1, 0.15) is 17.5 Å². The van der Waals surface area contributed by atoms with E-state index in [0.29, 0.717) is 30.9 Å². The molecule has 4 rings (SSSR count). The number of piperazine rings is 2. The monoisotopic (exact) mass is 351 g/mol. The summed E-state index contributed by atoms with van der Waals surface area (Å²) < 4.78 is 5.82. The van der Waals surface area contributed by atoms with Gasteiger partial charge >= 0.3 is 0 Å². The van der Waals surface area contributed by atoms with Crippen LogP contribution in [0.5, 0.6) is 11.5 Å². The number of benzene rings is 2. The van der Waals surface area contributed by atoms with Crippen LogP contribution in [0.4, 0.5) is 0 Å². The van der Waals surface area contributed by atoms with E-state index in [4.69, 9.17) is 4.74 Å². The van der Waals surface area contributed by atoms with Gasteiger partial charge in [-0.25, -0.2) is 0 Å². The quantitative estimate of drug-likeness (QED) is 0.915. The Morgan fingerprint density at radius 3 is 2.65 bits per heavy atom. The topological polar surface area (TPSA) is 61.9 Å². The first-order valence-electron chi connectivity index (χ1n) is 8.85. The van der Waals surface area contributed by atoms with E-state index in [0.717, 1.165) is 18.8 Å². The minimum Gasteiger partial charge on any atom is -0.457 e. The molecule has 0 unspecified atom stereocenters. The number of carbonyl (C=O) groups is 2. The molecule has 2 heterocycles. The Balaban J connectivity index is 1.48. The van der Waals surface area contributed by atoms with E-state index >= 15 is 0 Å². The summed E-state index contributed by atoms with van der Waals surface area (Å²) in [5.74, 6) is 1.29. The summed E-state index contributed by atoms with van der Waals surface area (Å²) in [6.07, 6.45) is 0. The number of hydrogen-bond donors (Lipinski definition) is 1. The molecule has 6 heteroatoms. The third kappa shape index (κ3) is 3.41. The second-order valence-electron chi connectivity index (χ2n) is 6.54. The van der Waals surface area contributed by atoms with Gasteiger partial charge in [-0.2, -0.15) is 0 Å². The Kier molecular flexibility index (Phi) is 4.58. The highest BCUT2D eigenvalue weighted by Gasteiger charge is 2.36. The lowest BCUT2D eigenvalue weighted by Gasteiger charge is -2.43. The summed E-state index contributed by atoms with van der Waals surface area (Å²) in [6.45, 7) is 3.31. The maximum atomic E-state index is 12.9. The van der Waals surface area contributed by atoms with E-state index in [-0.39, 0.29) is 17.9 Å². The van der Waals surface area contributed by atoms with Gasteiger partial charge in [0.25, 0.3) is 5.91 Å². The maximum absolute atomic E-state index is 12.9. The van der Waals surface area contributed by atoms with Gasteiger partial charge in [-0.05, 0) is 30.3 Å². The molecule has 2 amide bonds. The molecule has 0 aromatic heterocycles. The SMILES string of the molecule is O=C1NCCN2CCN(C(=O)c3cccc(Oc4ccccc4)c3)C[C@@H]12. The van der Waals surface area contributed by atoms with E-state index in [1.54, 1.807) is 17.0 Å².